The number of hydrogen-bond donors (Lipinski definition) is 2. The molecule has 0 radical (unpaired) electrons. The topological polar surface area (TPSA) is 83.5 Å². The van der Waals surface area contributed by atoms with E-state index in [1.165, 1.54) is 11.3 Å². The average molecular weight is 270 g/mol. The normalized spacial score (nSPS) is 11.5. The van der Waals surface area contributed by atoms with Gasteiger partial charge in [-0.2, -0.15) is 0 Å². The fourth-order valence-corrected chi connectivity index (χ4v) is 2.76. The Morgan fingerprint density at radius 1 is 1.53 bits per heavy atom. The Balaban J connectivity index is 2.53. The van der Waals surface area contributed by atoms with Crippen molar-refractivity contribution >= 4 is 38.9 Å². The number of rotatable bonds is 5. The van der Waals surface area contributed by atoms with E-state index in [2.05, 4.69) is 4.72 Å². The van der Waals surface area contributed by atoms with Gasteiger partial charge in [-0.05, 0) is 12.1 Å². The van der Waals surface area contributed by atoms with Crippen molar-refractivity contribution in [2.24, 2.45) is 0 Å². The molecule has 1 aromatic rings. The molecular formula is C7H8ClNO4S2. The molecule has 5 nitrogen and oxygen atoms in total. The summed E-state index contributed by atoms with van der Waals surface area (Å²) in [6, 6.07) is 3.32. The van der Waals surface area contributed by atoms with Crippen molar-refractivity contribution in [2.45, 2.75) is 6.54 Å². The highest BCUT2D eigenvalue weighted by atomic mass is 35.5. The van der Waals surface area contributed by atoms with E-state index in [4.69, 9.17) is 16.7 Å². The number of thiophene rings is 1. The van der Waals surface area contributed by atoms with Crippen LogP contribution in [-0.2, 0) is 21.4 Å². The smallest absolute Gasteiger partial charge is 0.320 e. The second-order valence-corrected chi connectivity index (χ2v) is 6.29. The Labute approximate surface area is 95.7 Å². The highest BCUT2D eigenvalue weighted by molar-refractivity contribution is 7.90. The van der Waals surface area contributed by atoms with Crippen LogP contribution in [0.15, 0.2) is 12.1 Å². The molecule has 1 heterocycles. The van der Waals surface area contributed by atoms with Crippen molar-refractivity contribution in [3.05, 3.63) is 21.3 Å². The van der Waals surface area contributed by atoms with E-state index in [9.17, 15) is 13.2 Å². The number of aliphatic carboxylic acids is 1. The number of nitrogens with one attached hydrogen (secondary N) is 1. The monoisotopic (exact) mass is 269 g/mol. The summed E-state index contributed by atoms with van der Waals surface area (Å²) in [4.78, 5) is 10.9. The zero-order chi connectivity index (χ0) is 11.5. The Bertz CT molecular complexity index is 453. The van der Waals surface area contributed by atoms with Crippen molar-refractivity contribution in [2.75, 3.05) is 5.75 Å². The Morgan fingerprint density at radius 3 is 2.67 bits per heavy atom. The van der Waals surface area contributed by atoms with Crippen LogP contribution >= 0.6 is 22.9 Å². The third kappa shape index (κ3) is 4.61. The molecule has 0 fully saturated rings. The number of carboxylic acid groups (broad SMARTS) is 1. The predicted molar refractivity (Wildman–Crippen MR) is 57.6 cm³/mol. The minimum Gasteiger partial charge on any atom is -0.480 e. The lowest BCUT2D eigenvalue weighted by molar-refractivity contribution is -0.134. The molecule has 8 heteroatoms. The zero-order valence-electron chi connectivity index (χ0n) is 7.44. The number of halogens is 1. The Morgan fingerprint density at radius 2 is 2.20 bits per heavy atom. The fraction of sp³-hybridized carbons (Fsp3) is 0.286. The van der Waals surface area contributed by atoms with Gasteiger partial charge in [0, 0.05) is 11.4 Å². The van der Waals surface area contributed by atoms with Crippen LogP contribution in [0.1, 0.15) is 4.88 Å². The molecule has 1 aromatic heterocycles. The van der Waals surface area contributed by atoms with Crippen LogP contribution in [0.5, 0.6) is 0 Å². The standard InChI is InChI=1S/C7H8ClNO4S2/c8-6-2-1-5(14-6)3-9-15(12,13)4-7(10)11/h1-2,9H,3-4H2,(H,10,11). The van der Waals surface area contributed by atoms with E-state index in [0.717, 1.165) is 4.88 Å². The van der Waals surface area contributed by atoms with Gasteiger partial charge in [-0.1, -0.05) is 11.6 Å². The second kappa shape index (κ2) is 4.93. The van der Waals surface area contributed by atoms with E-state index in [-0.39, 0.29) is 6.54 Å². The summed E-state index contributed by atoms with van der Waals surface area (Å²) < 4.78 is 24.9. The summed E-state index contributed by atoms with van der Waals surface area (Å²) in [7, 11) is -3.76. The average Bonchev–Trinajstić information content (AvgIpc) is 2.46. The van der Waals surface area contributed by atoms with Crippen molar-refractivity contribution in [1.29, 1.82) is 0 Å². The van der Waals surface area contributed by atoms with Crippen molar-refractivity contribution in [1.82, 2.24) is 4.72 Å². The lowest BCUT2D eigenvalue weighted by Crippen LogP contribution is -2.29. The molecule has 0 spiro atoms. The molecule has 0 unspecified atom stereocenters. The summed E-state index contributed by atoms with van der Waals surface area (Å²) in [5.41, 5.74) is 0. The fourth-order valence-electron chi connectivity index (χ4n) is 0.841. The third-order valence-electron chi connectivity index (χ3n) is 1.41. The van der Waals surface area contributed by atoms with Gasteiger partial charge in [-0.3, -0.25) is 4.79 Å². The molecule has 15 heavy (non-hydrogen) atoms. The van der Waals surface area contributed by atoms with Crippen LogP contribution in [0.3, 0.4) is 0 Å². The molecule has 0 aromatic carbocycles. The molecule has 0 amide bonds. The number of hydrogen-bond acceptors (Lipinski definition) is 4. The summed E-state index contributed by atoms with van der Waals surface area (Å²) in [5.74, 6) is -2.31. The molecule has 0 atom stereocenters. The summed E-state index contributed by atoms with van der Waals surface area (Å²) in [6.07, 6.45) is 0. The minimum absolute atomic E-state index is 0.0625. The van der Waals surface area contributed by atoms with Crippen LogP contribution in [0.25, 0.3) is 0 Å². The van der Waals surface area contributed by atoms with Crippen molar-refractivity contribution < 1.29 is 18.3 Å². The van der Waals surface area contributed by atoms with Gasteiger partial charge in [0.25, 0.3) is 0 Å². The van der Waals surface area contributed by atoms with Gasteiger partial charge in [-0.15, -0.1) is 11.3 Å². The third-order valence-corrected chi connectivity index (χ3v) is 3.85. The molecule has 1 rings (SSSR count). The summed E-state index contributed by atoms with van der Waals surface area (Å²) in [5, 5.41) is 8.31. The predicted octanol–water partition coefficient (Wildman–Crippen LogP) is 0.906. The molecule has 0 aliphatic heterocycles. The lowest BCUT2D eigenvalue weighted by atomic mass is 10.5. The summed E-state index contributed by atoms with van der Waals surface area (Å²) >= 11 is 6.88. The van der Waals surface area contributed by atoms with Crippen LogP contribution in [-0.4, -0.2) is 25.2 Å². The van der Waals surface area contributed by atoms with Gasteiger partial charge in [-0.25, -0.2) is 13.1 Å². The van der Waals surface area contributed by atoms with Crippen LogP contribution in [0, 0.1) is 0 Å². The quantitative estimate of drug-likeness (QED) is 0.832. The van der Waals surface area contributed by atoms with Gasteiger partial charge in [0.15, 0.2) is 5.75 Å². The molecule has 0 saturated carbocycles. The first-order valence-electron chi connectivity index (χ1n) is 3.82. The molecule has 84 valence electrons. The van der Waals surface area contributed by atoms with Gasteiger partial charge in [0.2, 0.25) is 10.0 Å². The van der Waals surface area contributed by atoms with Gasteiger partial charge >= 0.3 is 5.97 Å². The number of sulfonamides is 1. The van der Waals surface area contributed by atoms with Crippen molar-refractivity contribution in [3.63, 3.8) is 0 Å². The maximum absolute atomic E-state index is 11.1. The van der Waals surface area contributed by atoms with Crippen LogP contribution in [0.4, 0.5) is 0 Å². The van der Waals surface area contributed by atoms with E-state index >= 15 is 0 Å². The first-order chi connectivity index (χ1) is 6.89. The highest BCUT2D eigenvalue weighted by Gasteiger charge is 2.15. The van der Waals surface area contributed by atoms with E-state index in [1.54, 1.807) is 12.1 Å². The Hall–Kier alpha value is -0.630. The van der Waals surface area contributed by atoms with Crippen LogP contribution < -0.4 is 4.72 Å². The SMILES string of the molecule is O=C(O)CS(=O)(=O)NCc1ccc(Cl)s1. The molecular weight excluding hydrogens is 262 g/mol. The molecule has 0 bridgehead atoms. The maximum atomic E-state index is 11.1. The first kappa shape index (κ1) is 12.4. The van der Waals surface area contributed by atoms with E-state index in [0.29, 0.717) is 4.34 Å². The minimum atomic E-state index is -3.76. The lowest BCUT2D eigenvalue weighted by Gasteiger charge is -2.01. The van der Waals surface area contributed by atoms with Crippen LogP contribution in [0.2, 0.25) is 4.34 Å². The molecule has 2 N–H and O–H groups in total. The van der Waals surface area contributed by atoms with E-state index in [1.807, 2.05) is 0 Å². The van der Waals surface area contributed by atoms with Crippen molar-refractivity contribution in [3.8, 4) is 0 Å². The number of carbonyl (C=O) groups is 1. The first-order valence-corrected chi connectivity index (χ1v) is 6.67. The van der Waals surface area contributed by atoms with Gasteiger partial charge in [0.1, 0.15) is 0 Å². The highest BCUT2D eigenvalue weighted by Crippen LogP contribution is 2.21. The molecule has 0 aliphatic carbocycles. The molecule has 0 aliphatic rings. The Kier molecular flexibility index (Phi) is 4.09. The summed E-state index contributed by atoms with van der Waals surface area (Å²) in [6.45, 7) is 0.0625. The van der Waals surface area contributed by atoms with Gasteiger partial charge in [0.05, 0.1) is 4.34 Å². The zero-order valence-corrected chi connectivity index (χ0v) is 9.82. The van der Waals surface area contributed by atoms with E-state index < -0.39 is 21.7 Å². The second-order valence-electron chi connectivity index (χ2n) is 2.68. The number of carboxylic acids is 1. The largest absolute Gasteiger partial charge is 0.480 e. The molecule has 0 saturated heterocycles. The van der Waals surface area contributed by atoms with Gasteiger partial charge < -0.3 is 5.11 Å². The maximum Gasteiger partial charge on any atom is 0.320 e.